The summed E-state index contributed by atoms with van der Waals surface area (Å²) in [5, 5.41) is 0. The third kappa shape index (κ3) is 5.58. The molecule has 1 aromatic heterocycles. The highest BCUT2D eigenvalue weighted by atomic mass is 16.6. The van der Waals surface area contributed by atoms with E-state index in [1.165, 1.54) is 0 Å². The molecule has 2 amide bonds. The molecule has 192 valence electrons. The van der Waals surface area contributed by atoms with Crippen LogP contribution in [0.2, 0.25) is 0 Å². The summed E-state index contributed by atoms with van der Waals surface area (Å²) in [6, 6.07) is 17.9. The van der Waals surface area contributed by atoms with E-state index in [4.69, 9.17) is 4.74 Å². The number of rotatable bonds is 3. The minimum atomic E-state index is -0.516. The van der Waals surface area contributed by atoms with Gasteiger partial charge < -0.3 is 19.4 Å². The first-order valence-electron chi connectivity index (χ1n) is 12.8. The highest BCUT2D eigenvalue weighted by Gasteiger charge is 2.30. The average Bonchev–Trinajstić information content (AvgIpc) is 2.92. The van der Waals surface area contributed by atoms with Crippen LogP contribution < -0.4 is 4.90 Å². The van der Waals surface area contributed by atoms with Crippen LogP contribution in [-0.4, -0.2) is 70.1 Å². The summed E-state index contributed by atoms with van der Waals surface area (Å²) in [6.45, 7) is 9.13. The molecule has 3 heterocycles. The molecule has 0 spiro atoms. The van der Waals surface area contributed by atoms with Gasteiger partial charge in [-0.15, -0.1) is 0 Å². The lowest BCUT2D eigenvalue weighted by Gasteiger charge is -2.38. The first kappa shape index (κ1) is 24.7. The highest BCUT2D eigenvalue weighted by molar-refractivity contribution is 5.95. The summed E-state index contributed by atoms with van der Waals surface area (Å²) >= 11 is 0. The zero-order valence-electron chi connectivity index (χ0n) is 21.7. The second-order valence-electron chi connectivity index (χ2n) is 10.5. The van der Waals surface area contributed by atoms with Gasteiger partial charge >= 0.3 is 6.09 Å². The van der Waals surface area contributed by atoms with E-state index in [0.29, 0.717) is 51.3 Å². The molecule has 1 fully saturated rings. The van der Waals surface area contributed by atoms with Gasteiger partial charge in [-0.1, -0.05) is 42.5 Å². The van der Waals surface area contributed by atoms with Gasteiger partial charge in [-0.3, -0.25) is 4.79 Å². The molecule has 8 nitrogen and oxygen atoms in total. The molecule has 0 atom stereocenters. The molecule has 5 rings (SSSR count). The Morgan fingerprint density at radius 3 is 2.16 bits per heavy atom. The topological polar surface area (TPSA) is 78.9 Å². The van der Waals surface area contributed by atoms with Gasteiger partial charge in [0.25, 0.3) is 5.91 Å². The van der Waals surface area contributed by atoms with Crippen molar-refractivity contribution in [2.24, 2.45) is 0 Å². The summed E-state index contributed by atoms with van der Waals surface area (Å²) in [5.41, 5.74) is 4.35. The molecule has 2 aliphatic heterocycles. The molecule has 0 aliphatic carbocycles. The third-order valence-corrected chi connectivity index (χ3v) is 6.74. The van der Waals surface area contributed by atoms with Crippen molar-refractivity contribution < 1.29 is 14.3 Å². The first-order valence-corrected chi connectivity index (χ1v) is 12.8. The van der Waals surface area contributed by atoms with E-state index in [2.05, 4.69) is 27.0 Å². The van der Waals surface area contributed by atoms with Crippen LogP contribution in [0, 0.1) is 0 Å². The number of anilines is 1. The second-order valence-corrected chi connectivity index (χ2v) is 10.5. The Hall–Kier alpha value is -3.94. The number of nitrogens with zero attached hydrogens (tertiary/aromatic N) is 5. The third-order valence-electron chi connectivity index (χ3n) is 6.74. The molecule has 0 saturated carbocycles. The second kappa shape index (κ2) is 10.2. The fourth-order valence-corrected chi connectivity index (χ4v) is 4.82. The molecule has 0 bridgehead atoms. The molecule has 0 N–H and O–H groups in total. The van der Waals surface area contributed by atoms with Crippen LogP contribution in [0.25, 0.3) is 11.1 Å². The number of piperazine rings is 1. The van der Waals surface area contributed by atoms with Crippen molar-refractivity contribution in [1.29, 1.82) is 0 Å². The molecular formula is C29H33N5O3. The summed E-state index contributed by atoms with van der Waals surface area (Å²) in [4.78, 5) is 40.8. The molecule has 3 aromatic rings. The Bertz CT molecular complexity index is 1260. The van der Waals surface area contributed by atoms with Crippen LogP contribution in [-0.2, 0) is 17.7 Å². The number of carbonyl (C=O) groups is 2. The van der Waals surface area contributed by atoms with E-state index in [1.54, 1.807) is 11.2 Å². The van der Waals surface area contributed by atoms with Crippen LogP contribution in [0.3, 0.4) is 0 Å². The Labute approximate surface area is 217 Å². The maximum absolute atomic E-state index is 13.4. The summed E-state index contributed by atoms with van der Waals surface area (Å²) in [6.07, 6.45) is 2.01. The smallest absolute Gasteiger partial charge is 0.410 e. The number of aromatic nitrogens is 2. The van der Waals surface area contributed by atoms with E-state index < -0.39 is 5.60 Å². The van der Waals surface area contributed by atoms with Gasteiger partial charge in [0.2, 0.25) is 0 Å². The van der Waals surface area contributed by atoms with Crippen molar-refractivity contribution in [3.8, 4) is 11.1 Å². The van der Waals surface area contributed by atoms with Crippen molar-refractivity contribution in [1.82, 2.24) is 19.8 Å². The molecule has 8 heteroatoms. The van der Waals surface area contributed by atoms with Crippen LogP contribution >= 0.6 is 0 Å². The van der Waals surface area contributed by atoms with Gasteiger partial charge in [-0.25, -0.2) is 14.8 Å². The largest absolute Gasteiger partial charge is 0.444 e. The Balaban J connectivity index is 1.27. The van der Waals surface area contributed by atoms with Gasteiger partial charge in [-0.05, 0) is 44.0 Å². The predicted molar refractivity (Wildman–Crippen MR) is 142 cm³/mol. The fourth-order valence-electron chi connectivity index (χ4n) is 4.82. The van der Waals surface area contributed by atoms with E-state index in [0.717, 1.165) is 28.2 Å². The molecule has 0 radical (unpaired) electrons. The number of benzene rings is 2. The molecule has 1 saturated heterocycles. The SMILES string of the molecule is CC(C)(C)OC(=O)N1CCN(c2ncnc3c2CN(C(=O)c2ccc(-c4ccccc4)cc2)CC3)CC1. The average molecular weight is 500 g/mol. The van der Waals surface area contributed by atoms with Crippen LogP contribution in [0.5, 0.6) is 0 Å². The van der Waals surface area contributed by atoms with E-state index in [1.807, 2.05) is 68.1 Å². The Morgan fingerprint density at radius 1 is 0.811 bits per heavy atom. The van der Waals surface area contributed by atoms with E-state index >= 15 is 0 Å². The number of hydrogen-bond donors (Lipinski definition) is 0. The highest BCUT2D eigenvalue weighted by Crippen LogP contribution is 2.28. The van der Waals surface area contributed by atoms with Crippen molar-refractivity contribution in [2.45, 2.75) is 39.3 Å². The minimum absolute atomic E-state index is 0.00908. The standard InChI is InChI=1S/C29H33N5O3/c1-29(2,3)37-28(36)33-17-15-32(16-18-33)26-24-19-34(14-13-25(24)30-20-31-26)27(35)23-11-9-22(10-12-23)21-7-5-4-6-8-21/h4-12,20H,13-19H2,1-3H3. The van der Waals surface area contributed by atoms with Gasteiger partial charge in [0.15, 0.2) is 0 Å². The summed E-state index contributed by atoms with van der Waals surface area (Å²) in [7, 11) is 0. The number of fused-ring (bicyclic) bond motifs is 1. The normalized spacial score (nSPS) is 15.8. The van der Waals surface area contributed by atoms with Crippen molar-refractivity contribution in [3.05, 3.63) is 77.7 Å². The lowest BCUT2D eigenvalue weighted by molar-refractivity contribution is 0.0240. The Kier molecular flexibility index (Phi) is 6.82. The van der Waals surface area contributed by atoms with Crippen molar-refractivity contribution in [2.75, 3.05) is 37.6 Å². The number of hydrogen-bond acceptors (Lipinski definition) is 6. The molecule has 2 aliphatic rings. The van der Waals surface area contributed by atoms with Crippen molar-refractivity contribution in [3.63, 3.8) is 0 Å². The number of carbonyl (C=O) groups excluding carboxylic acids is 2. The zero-order chi connectivity index (χ0) is 26.0. The van der Waals surface area contributed by atoms with Crippen molar-refractivity contribution >= 4 is 17.8 Å². The zero-order valence-corrected chi connectivity index (χ0v) is 21.7. The molecular weight excluding hydrogens is 466 g/mol. The lowest BCUT2D eigenvalue weighted by atomic mass is 10.0. The maximum Gasteiger partial charge on any atom is 0.410 e. The minimum Gasteiger partial charge on any atom is -0.444 e. The lowest BCUT2D eigenvalue weighted by Crippen LogP contribution is -2.50. The Morgan fingerprint density at radius 2 is 1.49 bits per heavy atom. The van der Waals surface area contributed by atoms with E-state index in [9.17, 15) is 9.59 Å². The van der Waals surface area contributed by atoms with Crippen LogP contribution in [0.1, 0.15) is 42.4 Å². The molecule has 2 aromatic carbocycles. The first-order chi connectivity index (χ1) is 17.8. The van der Waals surface area contributed by atoms with Gasteiger partial charge in [0.05, 0.1) is 12.2 Å². The van der Waals surface area contributed by atoms with Gasteiger partial charge in [0, 0.05) is 50.3 Å². The fraction of sp³-hybridized carbons (Fsp3) is 0.379. The maximum atomic E-state index is 13.4. The predicted octanol–water partition coefficient (Wildman–Crippen LogP) is 4.40. The molecule has 37 heavy (non-hydrogen) atoms. The van der Waals surface area contributed by atoms with Gasteiger partial charge in [0.1, 0.15) is 17.7 Å². The summed E-state index contributed by atoms with van der Waals surface area (Å²) < 4.78 is 5.52. The number of ether oxygens (including phenoxy) is 1. The monoisotopic (exact) mass is 499 g/mol. The summed E-state index contributed by atoms with van der Waals surface area (Å²) in [5.74, 6) is 0.862. The quantitative estimate of drug-likeness (QED) is 0.532. The van der Waals surface area contributed by atoms with Crippen LogP contribution in [0.4, 0.5) is 10.6 Å². The van der Waals surface area contributed by atoms with Gasteiger partial charge in [-0.2, -0.15) is 0 Å². The number of amides is 2. The van der Waals surface area contributed by atoms with Crippen LogP contribution in [0.15, 0.2) is 60.9 Å². The van der Waals surface area contributed by atoms with E-state index in [-0.39, 0.29) is 12.0 Å². The molecule has 0 unspecified atom stereocenters.